The van der Waals surface area contributed by atoms with Gasteiger partial charge >= 0.3 is 0 Å². The van der Waals surface area contributed by atoms with Crippen LogP contribution in [0.1, 0.15) is 6.42 Å². The van der Waals surface area contributed by atoms with Crippen LogP contribution < -0.4 is 15.3 Å². The van der Waals surface area contributed by atoms with E-state index in [2.05, 4.69) is 10.2 Å². The van der Waals surface area contributed by atoms with Crippen molar-refractivity contribution in [1.29, 1.82) is 0 Å². The Balaban J connectivity index is 1.78. The molecule has 0 bridgehead atoms. The molecule has 1 aliphatic rings. The highest BCUT2D eigenvalue weighted by Gasteiger charge is 2.51. The van der Waals surface area contributed by atoms with E-state index in [0.29, 0.717) is 22.5 Å². The smallest absolute Gasteiger partial charge is 0.210 e. The second-order valence-corrected chi connectivity index (χ2v) is 7.75. The minimum atomic E-state index is -0.599. The summed E-state index contributed by atoms with van der Waals surface area (Å²) in [7, 11) is 3.17. The Bertz CT molecular complexity index is 723. The van der Waals surface area contributed by atoms with E-state index in [1.807, 2.05) is 12.1 Å². The third kappa shape index (κ3) is 3.32. The Hall–Kier alpha value is -1.31. The predicted molar refractivity (Wildman–Crippen MR) is 92.0 cm³/mol. The summed E-state index contributed by atoms with van der Waals surface area (Å²) < 4.78 is 11.4. The Morgan fingerprint density at radius 2 is 2.00 bits per heavy atom. The van der Waals surface area contributed by atoms with Crippen molar-refractivity contribution < 1.29 is 9.47 Å². The molecule has 2 aromatic rings. The summed E-state index contributed by atoms with van der Waals surface area (Å²) in [6.45, 7) is 0. The van der Waals surface area contributed by atoms with Gasteiger partial charge < -0.3 is 15.3 Å². The monoisotopic (exact) mass is 374 g/mol. The van der Waals surface area contributed by atoms with Gasteiger partial charge in [0.1, 0.15) is 4.33 Å². The van der Waals surface area contributed by atoms with Crippen LogP contribution in [0.3, 0.4) is 0 Å². The highest BCUT2D eigenvalue weighted by Crippen LogP contribution is 2.54. The van der Waals surface area contributed by atoms with Gasteiger partial charge in [-0.1, -0.05) is 11.8 Å². The van der Waals surface area contributed by atoms with E-state index < -0.39 is 4.33 Å². The molecule has 1 aliphatic carbocycles. The van der Waals surface area contributed by atoms with Crippen molar-refractivity contribution in [2.45, 2.75) is 15.9 Å². The topological polar surface area (TPSA) is 75.2 Å². The first kappa shape index (κ1) is 16.5. The lowest BCUT2D eigenvalue weighted by molar-refractivity contribution is 0.355. The van der Waals surface area contributed by atoms with Crippen molar-refractivity contribution >= 4 is 35.0 Å². The quantitative estimate of drug-likeness (QED) is 0.475. The van der Waals surface area contributed by atoms with E-state index in [9.17, 15) is 0 Å². The van der Waals surface area contributed by atoms with Crippen LogP contribution in [0.2, 0.25) is 0 Å². The highest BCUT2D eigenvalue weighted by molar-refractivity contribution is 7.99. The number of thioether (sulfide) groups is 1. The number of methoxy groups -OCH3 is 2. The number of aromatic nitrogens is 3. The molecule has 1 aromatic heterocycles. The average Bonchev–Trinajstić information content (AvgIpc) is 2.99. The Kier molecular flexibility index (Phi) is 4.53. The number of nitrogens with two attached hydrogens (primary N) is 1. The maximum absolute atomic E-state index is 6.10. The van der Waals surface area contributed by atoms with Crippen LogP contribution in [0.5, 0.6) is 11.5 Å². The molecule has 0 spiro atoms. The van der Waals surface area contributed by atoms with Gasteiger partial charge in [0.15, 0.2) is 17.3 Å². The van der Waals surface area contributed by atoms with Crippen LogP contribution in [0.25, 0.3) is 11.4 Å². The van der Waals surface area contributed by atoms with Gasteiger partial charge in [0.05, 0.1) is 14.2 Å². The van der Waals surface area contributed by atoms with Gasteiger partial charge in [-0.3, -0.25) is 0 Å². The molecule has 124 valence electrons. The van der Waals surface area contributed by atoms with Gasteiger partial charge in [0, 0.05) is 17.2 Å². The summed E-state index contributed by atoms with van der Waals surface area (Å²) in [6, 6.07) is 5.46. The van der Waals surface area contributed by atoms with E-state index >= 15 is 0 Å². The van der Waals surface area contributed by atoms with Gasteiger partial charge in [0.25, 0.3) is 0 Å². The molecule has 1 aromatic carbocycles. The molecule has 6 nitrogen and oxygen atoms in total. The molecule has 1 heterocycles. The Labute approximate surface area is 148 Å². The Morgan fingerprint density at radius 3 is 2.61 bits per heavy atom. The largest absolute Gasteiger partial charge is 0.493 e. The zero-order chi connectivity index (χ0) is 16.6. The molecule has 0 radical (unpaired) electrons. The molecule has 23 heavy (non-hydrogen) atoms. The third-order valence-corrected chi connectivity index (χ3v) is 5.71. The zero-order valence-corrected chi connectivity index (χ0v) is 15.0. The maximum Gasteiger partial charge on any atom is 0.210 e. The molecule has 2 N–H and O–H groups in total. The number of nitrogen functional groups attached to an aromatic ring is 1. The van der Waals surface area contributed by atoms with Crippen LogP contribution >= 0.6 is 35.0 Å². The van der Waals surface area contributed by atoms with Gasteiger partial charge in [-0.15, -0.1) is 33.4 Å². The van der Waals surface area contributed by atoms with Gasteiger partial charge in [0.2, 0.25) is 5.16 Å². The summed E-state index contributed by atoms with van der Waals surface area (Å²) in [5, 5.41) is 8.90. The van der Waals surface area contributed by atoms with E-state index in [0.717, 1.165) is 17.7 Å². The van der Waals surface area contributed by atoms with E-state index in [1.165, 1.54) is 16.4 Å². The van der Waals surface area contributed by atoms with Crippen molar-refractivity contribution in [3.63, 3.8) is 0 Å². The van der Waals surface area contributed by atoms with E-state index in [1.54, 1.807) is 20.3 Å². The molecule has 1 unspecified atom stereocenters. The van der Waals surface area contributed by atoms with Crippen LogP contribution in [0.15, 0.2) is 23.4 Å². The Morgan fingerprint density at radius 1 is 1.30 bits per heavy atom. The number of halogens is 2. The predicted octanol–water partition coefficient (Wildman–Crippen LogP) is 2.96. The van der Waals surface area contributed by atoms with Crippen LogP contribution in [-0.2, 0) is 0 Å². The molecule has 0 amide bonds. The highest BCUT2D eigenvalue weighted by atomic mass is 35.5. The fourth-order valence-corrected chi connectivity index (χ4v) is 3.96. The lowest BCUT2D eigenvalue weighted by atomic mass is 10.2. The van der Waals surface area contributed by atoms with Gasteiger partial charge in [-0.05, 0) is 24.6 Å². The SMILES string of the molecule is COc1ccc(-c2nnc(SCC3CC3(Cl)Cl)n2N)cc1OC. The second-order valence-electron chi connectivity index (χ2n) is 5.22. The van der Waals surface area contributed by atoms with E-state index in [-0.39, 0.29) is 5.92 Å². The summed E-state index contributed by atoms with van der Waals surface area (Å²) in [5.41, 5.74) is 0.792. The molecule has 0 saturated heterocycles. The fourth-order valence-electron chi connectivity index (χ4n) is 2.17. The van der Waals surface area contributed by atoms with Crippen molar-refractivity contribution in [2.75, 3.05) is 25.8 Å². The van der Waals surface area contributed by atoms with Crippen LogP contribution in [0, 0.1) is 5.92 Å². The number of hydrogen-bond acceptors (Lipinski definition) is 6. The zero-order valence-electron chi connectivity index (χ0n) is 12.6. The molecule has 9 heteroatoms. The molecule has 3 rings (SSSR count). The minimum Gasteiger partial charge on any atom is -0.493 e. The standard InChI is InChI=1S/C14H16Cl2N4O2S/c1-21-10-4-3-8(5-11(10)22-2)12-18-19-13(20(12)17)23-7-9-6-14(9,15)16/h3-5,9H,6-7,17H2,1-2H3. The molecule has 1 saturated carbocycles. The normalized spacial score (nSPS) is 18.7. The van der Waals surface area contributed by atoms with Crippen molar-refractivity contribution in [1.82, 2.24) is 14.9 Å². The van der Waals surface area contributed by atoms with Crippen LogP contribution in [0.4, 0.5) is 0 Å². The summed E-state index contributed by atoms with van der Waals surface area (Å²) in [5.74, 6) is 8.92. The summed E-state index contributed by atoms with van der Waals surface area (Å²) >= 11 is 13.5. The fraction of sp³-hybridized carbons (Fsp3) is 0.429. The van der Waals surface area contributed by atoms with Gasteiger partial charge in [-0.2, -0.15) is 0 Å². The first-order valence-electron chi connectivity index (χ1n) is 6.89. The number of alkyl halides is 2. The van der Waals surface area contributed by atoms with Crippen molar-refractivity contribution in [3.05, 3.63) is 18.2 Å². The lowest BCUT2D eigenvalue weighted by Gasteiger charge is -2.09. The first-order chi connectivity index (χ1) is 11.0. The van der Waals surface area contributed by atoms with Crippen molar-refractivity contribution in [2.24, 2.45) is 5.92 Å². The summed E-state index contributed by atoms with van der Waals surface area (Å²) in [4.78, 5) is 0. The number of hydrogen-bond donors (Lipinski definition) is 1. The lowest BCUT2D eigenvalue weighted by Crippen LogP contribution is -2.12. The van der Waals surface area contributed by atoms with Crippen LogP contribution in [-0.4, -0.2) is 39.2 Å². The van der Waals surface area contributed by atoms with Crippen molar-refractivity contribution in [3.8, 4) is 22.9 Å². The average molecular weight is 375 g/mol. The number of rotatable bonds is 6. The molecule has 0 aliphatic heterocycles. The summed E-state index contributed by atoms with van der Waals surface area (Å²) in [6.07, 6.45) is 0.796. The molecular formula is C14H16Cl2N4O2S. The molecular weight excluding hydrogens is 359 g/mol. The first-order valence-corrected chi connectivity index (χ1v) is 8.64. The maximum atomic E-state index is 6.10. The number of benzene rings is 1. The minimum absolute atomic E-state index is 0.261. The molecule has 1 atom stereocenters. The third-order valence-electron chi connectivity index (χ3n) is 3.68. The second kappa shape index (κ2) is 6.30. The molecule has 1 fully saturated rings. The van der Waals surface area contributed by atoms with E-state index in [4.69, 9.17) is 38.5 Å². The number of ether oxygens (including phenoxy) is 2. The van der Waals surface area contributed by atoms with Gasteiger partial charge in [-0.25, -0.2) is 4.68 Å². The number of nitrogens with zero attached hydrogens (tertiary/aromatic N) is 3.